The van der Waals surface area contributed by atoms with Crippen molar-refractivity contribution in [2.75, 3.05) is 14.2 Å². The zero-order valence-electron chi connectivity index (χ0n) is 15.2. The van der Waals surface area contributed by atoms with Gasteiger partial charge in [-0.1, -0.05) is 13.8 Å². The Morgan fingerprint density at radius 2 is 1.77 bits per heavy atom. The topological polar surface area (TPSA) is 67.8 Å². The van der Waals surface area contributed by atoms with E-state index in [1.807, 2.05) is 13.8 Å². The Bertz CT molecular complexity index is 841. The molecule has 1 aliphatic rings. The van der Waals surface area contributed by atoms with Gasteiger partial charge in [-0.25, -0.2) is 9.18 Å². The van der Waals surface area contributed by atoms with E-state index in [0.29, 0.717) is 34.6 Å². The molecule has 1 atom stereocenters. The van der Waals surface area contributed by atoms with Crippen molar-refractivity contribution < 1.29 is 23.8 Å². The first kappa shape index (κ1) is 18.0. The summed E-state index contributed by atoms with van der Waals surface area (Å²) in [4.78, 5) is 11.1. The number of methoxy groups -OCH3 is 2. The Morgan fingerprint density at radius 3 is 2.31 bits per heavy atom. The highest BCUT2D eigenvalue weighted by molar-refractivity contribution is 5.71. The van der Waals surface area contributed by atoms with Crippen LogP contribution in [0.2, 0.25) is 0 Å². The lowest BCUT2D eigenvalue weighted by atomic mass is 9.85. The number of hydrogen-bond acceptors (Lipinski definition) is 3. The molecule has 3 rings (SSSR count). The Morgan fingerprint density at radius 1 is 1.15 bits per heavy atom. The summed E-state index contributed by atoms with van der Waals surface area (Å²) in [6.07, 6.45) is -0.459. The molecule has 0 bridgehead atoms. The SMILES string of the molecule is COc1cc(OC)cc(-c2cc3c(cc2F)C(NC(=O)O)C(C)(C)C3)c1. The highest BCUT2D eigenvalue weighted by atomic mass is 19.1. The molecular weight excluding hydrogens is 337 g/mol. The quantitative estimate of drug-likeness (QED) is 0.849. The van der Waals surface area contributed by atoms with Crippen LogP contribution in [0, 0.1) is 11.2 Å². The average Bonchev–Trinajstić information content (AvgIpc) is 2.83. The van der Waals surface area contributed by atoms with E-state index in [1.54, 1.807) is 38.5 Å². The molecule has 1 unspecified atom stereocenters. The van der Waals surface area contributed by atoms with Crippen LogP contribution in [0.5, 0.6) is 11.5 Å². The van der Waals surface area contributed by atoms with Gasteiger partial charge in [0.1, 0.15) is 17.3 Å². The van der Waals surface area contributed by atoms with E-state index in [4.69, 9.17) is 14.6 Å². The lowest BCUT2D eigenvalue weighted by Gasteiger charge is -2.27. The Labute approximate surface area is 151 Å². The van der Waals surface area contributed by atoms with Crippen LogP contribution in [0.25, 0.3) is 11.1 Å². The number of carboxylic acid groups (broad SMARTS) is 1. The third-order valence-electron chi connectivity index (χ3n) is 4.90. The predicted molar refractivity (Wildman–Crippen MR) is 96.3 cm³/mol. The summed E-state index contributed by atoms with van der Waals surface area (Å²) in [5, 5.41) is 11.6. The molecule has 0 aliphatic heterocycles. The van der Waals surface area contributed by atoms with E-state index in [-0.39, 0.29) is 5.41 Å². The molecule has 2 aromatic rings. The van der Waals surface area contributed by atoms with Gasteiger partial charge in [0, 0.05) is 11.6 Å². The van der Waals surface area contributed by atoms with Gasteiger partial charge in [0.25, 0.3) is 0 Å². The van der Waals surface area contributed by atoms with E-state index in [9.17, 15) is 9.18 Å². The van der Waals surface area contributed by atoms with Crippen LogP contribution in [0.1, 0.15) is 31.0 Å². The van der Waals surface area contributed by atoms with Crippen LogP contribution in [0.15, 0.2) is 30.3 Å². The van der Waals surface area contributed by atoms with Crippen LogP contribution >= 0.6 is 0 Å². The molecule has 0 saturated carbocycles. The second-order valence-corrected chi connectivity index (χ2v) is 7.18. The fourth-order valence-corrected chi connectivity index (χ4v) is 3.65. The van der Waals surface area contributed by atoms with Crippen LogP contribution in [0.4, 0.5) is 9.18 Å². The Hall–Kier alpha value is -2.76. The van der Waals surface area contributed by atoms with E-state index >= 15 is 0 Å². The van der Waals surface area contributed by atoms with Gasteiger partial charge in [-0.15, -0.1) is 0 Å². The number of ether oxygens (including phenoxy) is 2. The third-order valence-corrected chi connectivity index (χ3v) is 4.90. The lowest BCUT2D eigenvalue weighted by Crippen LogP contribution is -2.34. The highest BCUT2D eigenvalue weighted by Gasteiger charge is 2.40. The van der Waals surface area contributed by atoms with Crippen LogP contribution in [0.3, 0.4) is 0 Å². The first-order valence-corrected chi connectivity index (χ1v) is 8.30. The number of nitrogens with one attached hydrogen (secondary N) is 1. The molecular formula is C20H22FNO4. The minimum atomic E-state index is -1.11. The minimum Gasteiger partial charge on any atom is -0.497 e. The van der Waals surface area contributed by atoms with Crippen LogP contribution < -0.4 is 14.8 Å². The van der Waals surface area contributed by atoms with Crippen LogP contribution in [-0.2, 0) is 6.42 Å². The second-order valence-electron chi connectivity index (χ2n) is 7.18. The normalized spacial score (nSPS) is 17.5. The molecule has 0 radical (unpaired) electrons. The van der Waals surface area contributed by atoms with Gasteiger partial charge in [0.2, 0.25) is 0 Å². The maximum atomic E-state index is 14.9. The molecule has 0 heterocycles. The third kappa shape index (κ3) is 3.19. The lowest BCUT2D eigenvalue weighted by molar-refractivity contribution is 0.175. The largest absolute Gasteiger partial charge is 0.497 e. The van der Waals surface area contributed by atoms with Crippen molar-refractivity contribution in [3.63, 3.8) is 0 Å². The zero-order valence-corrected chi connectivity index (χ0v) is 15.2. The first-order chi connectivity index (χ1) is 12.2. The molecule has 0 aromatic heterocycles. The van der Waals surface area contributed by atoms with E-state index in [0.717, 1.165) is 5.56 Å². The van der Waals surface area contributed by atoms with Gasteiger partial charge >= 0.3 is 6.09 Å². The van der Waals surface area contributed by atoms with Crippen molar-refractivity contribution in [1.82, 2.24) is 5.32 Å². The van der Waals surface area contributed by atoms with E-state index in [1.165, 1.54) is 6.07 Å². The fraction of sp³-hybridized carbons (Fsp3) is 0.350. The number of rotatable bonds is 4. The van der Waals surface area contributed by atoms with Crippen molar-refractivity contribution in [2.24, 2.45) is 5.41 Å². The van der Waals surface area contributed by atoms with Crippen molar-refractivity contribution in [2.45, 2.75) is 26.3 Å². The molecule has 2 N–H and O–H groups in total. The van der Waals surface area contributed by atoms with Gasteiger partial charge in [0.15, 0.2) is 0 Å². The maximum Gasteiger partial charge on any atom is 0.405 e. The van der Waals surface area contributed by atoms with Gasteiger partial charge < -0.3 is 19.9 Å². The Balaban J connectivity index is 2.10. The summed E-state index contributed by atoms with van der Waals surface area (Å²) >= 11 is 0. The van der Waals surface area contributed by atoms with Crippen molar-refractivity contribution in [1.29, 1.82) is 0 Å². The standard InChI is InChI=1S/C20H22FNO4/c1-20(2)10-12-7-15(11-5-13(25-3)8-14(6-11)26-4)17(21)9-16(12)18(20)22-19(23)24/h5-9,18,22H,10H2,1-4H3,(H,23,24). The zero-order chi connectivity index (χ0) is 19.1. The molecule has 1 amide bonds. The van der Waals surface area contributed by atoms with Gasteiger partial charge in [-0.05, 0) is 52.8 Å². The molecule has 0 spiro atoms. The second kappa shape index (κ2) is 6.52. The van der Waals surface area contributed by atoms with E-state index in [2.05, 4.69) is 5.32 Å². The monoisotopic (exact) mass is 359 g/mol. The predicted octanol–water partition coefficient (Wildman–Crippen LogP) is 4.40. The maximum absolute atomic E-state index is 14.9. The molecule has 6 heteroatoms. The van der Waals surface area contributed by atoms with Crippen LogP contribution in [-0.4, -0.2) is 25.4 Å². The molecule has 138 valence electrons. The first-order valence-electron chi connectivity index (χ1n) is 8.30. The van der Waals surface area contributed by atoms with Crippen molar-refractivity contribution >= 4 is 6.09 Å². The number of benzene rings is 2. The number of fused-ring (bicyclic) bond motifs is 1. The molecule has 26 heavy (non-hydrogen) atoms. The van der Waals surface area contributed by atoms with Gasteiger partial charge in [-0.2, -0.15) is 0 Å². The molecule has 5 nitrogen and oxygen atoms in total. The summed E-state index contributed by atoms with van der Waals surface area (Å²) in [5.74, 6) is 0.740. The number of carbonyl (C=O) groups is 1. The Kier molecular flexibility index (Phi) is 4.52. The van der Waals surface area contributed by atoms with Gasteiger partial charge in [-0.3, -0.25) is 0 Å². The number of amides is 1. The average molecular weight is 359 g/mol. The van der Waals surface area contributed by atoms with E-state index < -0.39 is 18.0 Å². The van der Waals surface area contributed by atoms with Crippen molar-refractivity contribution in [3.8, 4) is 22.6 Å². The summed E-state index contributed by atoms with van der Waals surface area (Å²) in [6.45, 7) is 3.94. The van der Waals surface area contributed by atoms with Gasteiger partial charge in [0.05, 0.1) is 20.3 Å². The summed E-state index contributed by atoms with van der Waals surface area (Å²) in [7, 11) is 3.09. The smallest absolute Gasteiger partial charge is 0.405 e. The summed E-state index contributed by atoms with van der Waals surface area (Å²) in [5.41, 5.74) is 2.37. The molecule has 0 fully saturated rings. The molecule has 1 aliphatic carbocycles. The molecule has 2 aromatic carbocycles. The number of halogens is 1. The van der Waals surface area contributed by atoms with Crippen molar-refractivity contribution in [3.05, 3.63) is 47.3 Å². The molecule has 0 saturated heterocycles. The fourth-order valence-electron chi connectivity index (χ4n) is 3.65. The summed E-state index contributed by atoms with van der Waals surface area (Å²) in [6, 6.07) is 8.01. The summed E-state index contributed by atoms with van der Waals surface area (Å²) < 4.78 is 25.4. The highest BCUT2D eigenvalue weighted by Crippen LogP contribution is 2.47. The minimum absolute atomic E-state index is 0.335. The number of hydrogen-bond donors (Lipinski definition) is 2.